The van der Waals surface area contributed by atoms with Gasteiger partial charge in [0, 0.05) is 36.4 Å². The van der Waals surface area contributed by atoms with Gasteiger partial charge in [-0.05, 0) is 55.2 Å². The highest BCUT2D eigenvalue weighted by atomic mass is 15.2. The normalized spacial score (nSPS) is 15.3. The lowest BCUT2D eigenvalue weighted by Crippen LogP contribution is -2.10. The summed E-state index contributed by atoms with van der Waals surface area (Å²) in [5.41, 5.74) is 6.98. The van der Waals surface area contributed by atoms with Crippen LogP contribution in [0.25, 0.3) is 27.7 Å². The minimum absolute atomic E-state index is 0. The Labute approximate surface area is 135 Å². The second kappa shape index (κ2) is 4.69. The topological polar surface area (TPSA) is 46.0 Å². The van der Waals surface area contributed by atoms with Crippen molar-refractivity contribution in [3.05, 3.63) is 54.1 Å². The van der Waals surface area contributed by atoms with E-state index in [9.17, 15) is 0 Å². The van der Waals surface area contributed by atoms with Gasteiger partial charge in [0.15, 0.2) is 0 Å². The van der Waals surface area contributed by atoms with Gasteiger partial charge in [-0.25, -0.2) is 9.50 Å². The van der Waals surface area contributed by atoms with Gasteiger partial charge in [-0.3, -0.25) is 0 Å². The lowest BCUT2D eigenvalue weighted by Gasteiger charge is -2.24. The molecule has 1 fully saturated rings. The zero-order valence-corrected chi connectivity index (χ0v) is 13.1. The zero-order chi connectivity index (χ0) is 15.4. The molecule has 1 saturated carbocycles. The lowest BCUT2D eigenvalue weighted by atomic mass is 9.82. The van der Waals surface area contributed by atoms with Crippen LogP contribution >= 0.6 is 0 Å². The van der Waals surface area contributed by atoms with Crippen LogP contribution in [0, 0.1) is 6.92 Å². The Bertz CT molecular complexity index is 1030. The number of nitrogens with zero attached hydrogens (tertiary/aromatic N) is 3. The number of fused-ring (bicyclic) bond motifs is 2. The van der Waals surface area contributed by atoms with Crippen LogP contribution in [-0.4, -0.2) is 19.6 Å². The largest absolute Gasteiger partial charge is 0.346 e. The number of aromatic nitrogens is 4. The van der Waals surface area contributed by atoms with E-state index in [1.165, 1.54) is 47.0 Å². The fourth-order valence-corrected chi connectivity index (χ4v) is 3.46. The molecule has 5 rings (SSSR count). The fraction of sp³-hybridized carbons (Fsp3) is 0.263. The van der Waals surface area contributed by atoms with E-state index in [0.717, 1.165) is 11.2 Å². The van der Waals surface area contributed by atoms with Gasteiger partial charge < -0.3 is 4.98 Å². The van der Waals surface area contributed by atoms with Gasteiger partial charge in [-0.1, -0.05) is 6.42 Å². The first kappa shape index (κ1) is 12.9. The summed E-state index contributed by atoms with van der Waals surface area (Å²) in [7, 11) is 0. The van der Waals surface area contributed by atoms with Gasteiger partial charge in [-0.15, -0.1) is 0 Å². The summed E-state index contributed by atoms with van der Waals surface area (Å²) in [6, 6.07) is 8.73. The van der Waals surface area contributed by atoms with Crippen LogP contribution in [0.1, 0.15) is 37.9 Å². The van der Waals surface area contributed by atoms with Crippen LogP contribution in [0.2, 0.25) is 0 Å². The molecule has 0 aliphatic heterocycles. The summed E-state index contributed by atoms with van der Waals surface area (Å²) in [6.07, 6.45) is 9.89. The maximum atomic E-state index is 4.84. The Balaban J connectivity index is 0.00000146. The Morgan fingerprint density at radius 2 is 2.17 bits per heavy atom. The average molecular weight is 304 g/mol. The van der Waals surface area contributed by atoms with Gasteiger partial charge in [0.2, 0.25) is 0 Å². The van der Waals surface area contributed by atoms with E-state index in [1.54, 1.807) is 0 Å². The van der Waals surface area contributed by atoms with E-state index in [4.69, 9.17) is 4.98 Å². The molecule has 116 valence electrons. The molecule has 4 aromatic heterocycles. The predicted molar refractivity (Wildman–Crippen MR) is 93.7 cm³/mol. The number of aryl methyl sites for hydroxylation is 1. The average Bonchev–Trinajstić information content (AvgIpc) is 3.09. The molecule has 4 heteroatoms. The summed E-state index contributed by atoms with van der Waals surface area (Å²) < 4.78 is 1.92. The smallest absolute Gasteiger partial charge is 0.138 e. The highest BCUT2D eigenvalue weighted by Gasteiger charge is 2.21. The van der Waals surface area contributed by atoms with Crippen LogP contribution in [0.5, 0.6) is 0 Å². The lowest BCUT2D eigenvalue weighted by molar-refractivity contribution is 0.412. The van der Waals surface area contributed by atoms with Gasteiger partial charge in [0.05, 0.1) is 11.7 Å². The molecule has 23 heavy (non-hydrogen) atoms. The van der Waals surface area contributed by atoms with E-state index in [1.807, 2.05) is 16.9 Å². The summed E-state index contributed by atoms with van der Waals surface area (Å²) in [5, 5.41) is 5.54. The molecule has 0 aromatic carbocycles. The van der Waals surface area contributed by atoms with Crippen molar-refractivity contribution >= 4 is 16.6 Å². The number of pyridine rings is 2. The summed E-state index contributed by atoms with van der Waals surface area (Å²) in [6.45, 7) is 2.09. The van der Waals surface area contributed by atoms with Crippen molar-refractivity contribution in [2.75, 3.05) is 0 Å². The van der Waals surface area contributed by atoms with Crippen molar-refractivity contribution in [2.24, 2.45) is 0 Å². The third kappa shape index (κ3) is 1.91. The second-order valence-corrected chi connectivity index (χ2v) is 6.54. The van der Waals surface area contributed by atoms with Gasteiger partial charge in [-0.2, -0.15) is 5.10 Å². The van der Waals surface area contributed by atoms with Gasteiger partial charge in [0.25, 0.3) is 0 Å². The molecule has 1 aliphatic carbocycles. The highest BCUT2D eigenvalue weighted by Crippen LogP contribution is 2.37. The summed E-state index contributed by atoms with van der Waals surface area (Å²) in [5.74, 6) is 0.664. The van der Waals surface area contributed by atoms with E-state index in [-0.39, 0.29) is 1.43 Å². The Hall–Kier alpha value is -2.62. The van der Waals surface area contributed by atoms with Crippen molar-refractivity contribution in [3.63, 3.8) is 0 Å². The standard InChI is InChI=1S/C19H18N4.H2/c1-12-10-21-23-8-7-14(9-18(12)23)16-11-20-19-15(16)5-6-17(22-19)13-3-2-4-13;/h5-11,13H,2-4H2,1H3,(H,20,22);1H. The van der Waals surface area contributed by atoms with Gasteiger partial charge >= 0.3 is 0 Å². The van der Waals surface area contributed by atoms with Gasteiger partial charge in [0.1, 0.15) is 5.65 Å². The third-order valence-electron chi connectivity index (χ3n) is 5.11. The van der Waals surface area contributed by atoms with E-state index in [2.05, 4.69) is 47.5 Å². The van der Waals surface area contributed by atoms with Crippen LogP contribution in [0.15, 0.2) is 42.9 Å². The zero-order valence-electron chi connectivity index (χ0n) is 13.1. The van der Waals surface area contributed by atoms with Crippen molar-refractivity contribution in [1.29, 1.82) is 0 Å². The molecular weight excluding hydrogens is 284 g/mol. The molecular formula is C19H20N4. The molecule has 0 amide bonds. The van der Waals surface area contributed by atoms with Crippen molar-refractivity contribution < 1.29 is 1.43 Å². The number of rotatable bonds is 2. The first-order valence-electron chi connectivity index (χ1n) is 8.22. The molecule has 1 aliphatic rings. The third-order valence-corrected chi connectivity index (χ3v) is 5.11. The maximum Gasteiger partial charge on any atom is 0.138 e. The molecule has 0 atom stereocenters. The van der Waals surface area contributed by atoms with E-state index >= 15 is 0 Å². The predicted octanol–water partition coefficient (Wildman–Crippen LogP) is 4.70. The highest BCUT2D eigenvalue weighted by molar-refractivity contribution is 5.94. The molecule has 0 radical (unpaired) electrons. The SMILES string of the molecule is Cc1cnn2ccc(-c3c[nH]c4nc(C5CCC5)ccc34)cc12.[HH]. The molecule has 4 aromatic rings. The first-order valence-corrected chi connectivity index (χ1v) is 8.22. The molecule has 0 unspecified atom stereocenters. The molecule has 4 nitrogen and oxygen atoms in total. The summed E-state index contributed by atoms with van der Waals surface area (Å²) in [4.78, 5) is 8.19. The molecule has 0 saturated heterocycles. The Morgan fingerprint density at radius 3 is 3.00 bits per heavy atom. The maximum absolute atomic E-state index is 4.84. The molecule has 1 N–H and O–H groups in total. The molecule has 0 spiro atoms. The van der Waals surface area contributed by atoms with Crippen LogP contribution in [-0.2, 0) is 0 Å². The fourth-order valence-electron chi connectivity index (χ4n) is 3.46. The van der Waals surface area contributed by atoms with Crippen LogP contribution < -0.4 is 0 Å². The number of nitrogens with one attached hydrogen (secondary N) is 1. The minimum Gasteiger partial charge on any atom is -0.346 e. The first-order chi connectivity index (χ1) is 11.3. The van der Waals surface area contributed by atoms with Crippen molar-refractivity contribution in [3.8, 4) is 11.1 Å². The minimum atomic E-state index is 0. The Morgan fingerprint density at radius 1 is 1.26 bits per heavy atom. The summed E-state index contributed by atoms with van der Waals surface area (Å²) >= 11 is 0. The van der Waals surface area contributed by atoms with E-state index in [0.29, 0.717) is 5.92 Å². The van der Waals surface area contributed by atoms with Crippen LogP contribution in [0.4, 0.5) is 0 Å². The van der Waals surface area contributed by atoms with Crippen LogP contribution in [0.3, 0.4) is 0 Å². The number of hydrogen-bond donors (Lipinski definition) is 1. The quantitative estimate of drug-likeness (QED) is 0.583. The molecule has 0 bridgehead atoms. The number of H-pyrrole nitrogens is 1. The monoisotopic (exact) mass is 304 g/mol. The van der Waals surface area contributed by atoms with E-state index < -0.39 is 0 Å². The Kier molecular flexibility index (Phi) is 2.62. The number of hydrogen-bond acceptors (Lipinski definition) is 2. The second-order valence-electron chi connectivity index (χ2n) is 6.54. The van der Waals surface area contributed by atoms with Crippen molar-refractivity contribution in [1.82, 2.24) is 19.6 Å². The molecule has 4 heterocycles. The number of aromatic amines is 1. The van der Waals surface area contributed by atoms with Crippen molar-refractivity contribution in [2.45, 2.75) is 32.1 Å².